The summed E-state index contributed by atoms with van der Waals surface area (Å²) in [5.74, 6) is 0.717. The number of aliphatic hydroxyl groups is 1. The van der Waals surface area contributed by atoms with Gasteiger partial charge in [0.25, 0.3) is 5.91 Å². The summed E-state index contributed by atoms with van der Waals surface area (Å²) in [7, 11) is 0. The molecule has 0 aliphatic carbocycles. The van der Waals surface area contributed by atoms with Crippen molar-refractivity contribution in [3.05, 3.63) is 23.9 Å². The highest BCUT2D eigenvalue weighted by atomic mass is 16.5. The molecule has 0 aromatic carbocycles. The second kappa shape index (κ2) is 5.82. The third kappa shape index (κ3) is 2.79. The molecular formula is C13H18N2O3. The molecular weight excluding hydrogens is 232 g/mol. The molecule has 1 aliphatic heterocycles. The van der Waals surface area contributed by atoms with Crippen LogP contribution >= 0.6 is 0 Å². The molecule has 0 spiro atoms. The number of hydrogen-bond donors (Lipinski definition) is 1. The first-order chi connectivity index (χ1) is 8.74. The lowest BCUT2D eigenvalue weighted by molar-refractivity contribution is 0.0781. The summed E-state index contributed by atoms with van der Waals surface area (Å²) < 4.78 is 5.23. The Kier molecular flexibility index (Phi) is 4.15. The maximum atomic E-state index is 12.1. The maximum absolute atomic E-state index is 12.1. The number of aliphatic hydroxyl groups excluding tert-OH is 1. The number of rotatable bonds is 4. The molecule has 1 aromatic rings. The number of carbonyl (C=O) groups excluding carboxylic acids is 1. The summed E-state index contributed by atoms with van der Waals surface area (Å²) in [6.45, 7) is 3.93. The number of ether oxygens (including phenoxy) is 1. The molecule has 98 valence electrons. The van der Waals surface area contributed by atoms with E-state index in [9.17, 15) is 4.79 Å². The molecule has 0 saturated carbocycles. The van der Waals surface area contributed by atoms with E-state index < -0.39 is 0 Å². The molecule has 1 N–H and O–H groups in total. The minimum atomic E-state index is -0.0264. The van der Waals surface area contributed by atoms with Crippen LogP contribution in [0.3, 0.4) is 0 Å². The number of carbonyl (C=O) groups is 1. The molecule has 0 radical (unpaired) electrons. The highest BCUT2D eigenvalue weighted by Gasteiger charge is 2.26. The number of hydrogen-bond acceptors (Lipinski definition) is 4. The van der Waals surface area contributed by atoms with Gasteiger partial charge in [-0.3, -0.25) is 4.79 Å². The first-order valence-electron chi connectivity index (χ1n) is 6.23. The molecule has 0 bridgehead atoms. The Bertz CT molecular complexity index is 405. The monoisotopic (exact) mass is 250 g/mol. The van der Waals surface area contributed by atoms with Crippen LogP contribution in [0.1, 0.15) is 23.7 Å². The highest BCUT2D eigenvalue weighted by molar-refractivity contribution is 5.94. The van der Waals surface area contributed by atoms with Gasteiger partial charge in [0.05, 0.1) is 12.2 Å². The van der Waals surface area contributed by atoms with E-state index in [0.29, 0.717) is 31.1 Å². The van der Waals surface area contributed by atoms with Gasteiger partial charge in [-0.1, -0.05) is 0 Å². The lowest BCUT2D eigenvalue weighted by Gasteiger charge is -2.16. The van der Waals surface area contributed by atoms with Gasteiger partial charge in [-0.05, 0) is 19.4 Å². The van der Waals surface area contributed by atoms with E-state index in [2.05, 4.69) is 4.98 Å². The van der Waals surface area contributed by atoms with Gasteiger partial charge in [-0.15, -0.1) is 0 Å². The van der Waals surface area contributed by atoms with Crippen molar-refractivity contribution in [3.63, 3.8) is 0 Å². The second-order valence-electron chi connectivity index (χ2n) is 4.41. The maximum Gasteiger partial charge on any atom is 0.255 e. The Hall–Kier alpha value is -1.62. The van der Waals surface area contributed by atoms with Crippen LogP contribution in [0.4, 0.5) is 0 Å². The third-order valence-corrected chi connectivity index (χ3v) is 3.11. The Balaban J connectivity index is 2.00. The fourth-order valence-corrected chi connectivity index (χ4v) is 2.09. The van der Waals surface area contributed by atoms with Crippen LogP contribution in [0.15, 0.2) is 18.3 Å². The molecule has 2 heterocycles. The van der Waals surface area contributed by atoms with E-state index in [0.717, 1.165) is 6.42 Å². The zero-order valence-electron chi connectivity index (χ0n) is 10.5. The lowest BCUT2D eigenvalue weighted by Crippen LogP contribution is -2.29. The van der Waals surface area contributed by atoms with Crippen molar-refractivity contribution < 1.29 is 14.6 Å². The zero-order chi connectivity index (χ0) is 13.0. The largest absolute Gasteiger partial charge is 0.478 e. The minimum absolute atomic E-state index is 0.0264. The van der Waals surface area contributed by atoms with Gasteiger partial charge >= 0.3 is 0 Å². The normalized spacial score (nSPS) is 19.0. The Morgan fingerprint density at radius 1 is 1.61 bits per heavy atom. The zero-order valence-corrected chi connectivity index (χ0v) is 10.5. The molecule has 1 fully saturated rings. The van der Waals surface area contributed by atoms with Crippen LogP contribution in [0.5, 0.6) is 5.88 Å². The summed E-state index contributed by atoms with van der Waals surface area (Å²) >= 11 is 0. The van der Waals surface area contributed by atoms with Crippen LogP contribution in [0.2, 0.25) is 0 Å². The number of aromatic nitrogens is 1. The number of nitrogens with zero attached hydrogens (tertiary/aromatic N) is 2. The summed E-state index contributed by atoms with van der Waals surface area (Å²) in [6.07, 6.45) is 2.41. The summed E-state index contributed by atoms with van der Waals surface area (Å²) in [6, 6.07) is 3.43. The topological polar surface area (TPSA) is 62.7 Å². The number of likely N-dealkylation sites (tertiary alicyclic amines) is 1. The standard InChI is InChI=1S/C13H18N2O3/c1-2-18-12-4-3-11(7-14-12)13(17)15-6-5-10(8-15)9-16/h3-4,7,10,16H,2,5-6,8-9H2,1H3. The highest BCUT2D eigenvalue weighted by Crippen LogP contribution is 2.18. The van der Waals surface area contributed by atoms with Crippen molar-refractivity contribution in [2.24, 2.45) is 5.92 Å². The first-order valence-corrected chi connectivity index (χ1v) is 6.23. The molecule has 1 aliphatic rings. The van der Waals surface area contributed by atoms with Crippen molar-refractivity contribution in [3.8, 4) is 5.88 Å². The Morgan fingerprint density at radius 3 is 3.00 bits per heavy atom. The van der Waals surface area contributed by atoms with Gasteiger partial charge in [-0.25, -0.2) is 4.98 Å². The number of pyridine rings is 1. The van der Waals surface area contributed by atoms with Crippen molar-refractivity contribution in [2.45, 2.75) is 13.3 Å². The molecule has 1 atom stereocenters. The lowest BCUT2D eigenvalue weighted by atomic mass is 10.1. The second-order valence-corrected chi connectivity index (χ2v) is 4.41. The van der Waals surface area contributed by atoms with Gasteiger partial charge in [0.2, 0.25) is 5.88 Å². The number of amides is 1. The quantitative estimate of drug-likeness (QED) is 0.863. The van der Waals surface area contributed by atoms with Crippen LogP contribution in [-0.4, -0.2) is 47.2 Å². The fraction of sp³-hybridized carbons (Fsp3) is 0.538. The molecule has 1 saturated heterocycles. The fourth-order valence-electron chi connectivity index (χ4n) is 2.09. The molecule has 1 unspecified atom stereocenters. The first kappa shape index (κ1) is 12.8. The predicted molar refractivity (Wildman–Crippen MR) is 66.5 cm³/mol. The SMILES string of the molecule is CCOc1ccc(C(=O)N2CCC(CO)C2)cn1. The van der Waals surface area contributed by atoms with E-state index in [1.54, 1.807) is 23.2 Å². The molecule has 5 heteroatoms. The van der Waals surface area contributed by atoms with Gasteiger partial charge < -0.3 is 14.7 Å². The third-order valence-electron chi connectivity index (χ3n) is 3.11. The van der Waals surface area contributed by atoms with Gasteiger partial charge in [0, 0.05) is 37.9 Å². The van der Waals surface area contributed by atoms with E-state index in [1.807, 2.05) is 6.92 Å². The molecule has 5 nitrogen and oxygen atoms in total. The molecule has 1 amide bonds. The van der Waals surface area contributed by atoms with E-state index in [1.165, 1.54) is 0 Å². The van der Waals surface area contributed by atoms with Gasteiger partial charge in [-0.2, -0.15) is 0 Å². The predicted octanol–water partition coefficient (Wildman–Crippen LogP) is 0.935. The average Bonchev–Trinajstić information content (AvgIpc) is 2.88. The van der Waals surface area contributed by atoms with Gasteiger partial charge in [0.1, 0.15) is 0 Å². The van der Waals surface area contributed by atoms with E-state index >= 15 is 0 Å². The molecule has 18 heavy (non-hydrogen) atoms. The Morgan fingerprint density at radius 2 is 2.44 bits per heavy atom. The van der Waals surface area contributed by atoms with Crippen molar-refractivity contribution in [1.82, 2.24) is 9.88 Å². The minimum Gasteiger partial charge on any atom is -0.478 e. The Labute approximate surface area is 106 Å². The van der Waals surface area contributed by atoms with Crippen LogP contribution < -0.4 is 4.74 Å². The van der Waals surface area contributed by atoms with Crippen LogP contribution in [0, 0.1) is 5.92 Å². The average molecular weight is 250 g/mol. The molecule has 1 aromatic heterocycles. The van der Waals surface area contributed by atoms with E-state index in [-0.39, 0.29) is 18.4 Å². The summed E-state index contributed by atoms with van der Waals surface area (Å²) in [4.78, 5) is 18.0. The smallest absolute Gasteiger partial charge is 0.255 e. The molecule has 2 rings (SSSR count). The van der Waals surface area contributed by atoms with Crippen LogP contribution in [0.25, 0.3) is 0 Å². The van der Waals surface area contributed by atoms with Crippen LogP contribution in [-0.2, 0) is 0 Å². The van der Waals surface area contributed by atoms with Crippen molar-refractivity contribution in [1.29, 1.82) is 0 Å². The summed E-state index contributed by atoms with van der Waals surface area (Å²) in [5, 5.41) is 9.06. The van der Waals surface area contributed by atoms with Crippen molar-refractivity contribution in [2.75, 3.05) is 26.3 Å². The summed E-state index contributed by atoms with van der Waals surface area (Å²) in [5.41, 5.74) is 0.567. The van der Waals surface area contributed by atoms with Crippen molar-refractivity contribution >= 4 is 5.91 Å². The van der Waals surface area contributed by atoms with Gasteiger partial charge in [0.15, 0.2) is 0 Å². The van der Waals surface area contributed by atoms with E-state index in [4.69, 9.17) is 9.84 Å².